The maximum Gasteiger partial charge on any atom is 0.337 e. The van der Waals surface area contributed by atoms with Gasteiger partial charge in [0.05, 0.1) is 12.7 Å². The van der Waals surface area contributed by atoms with Crippen LogP contribution >= 0.6 is 0 Å². The zero-order valence-electron chi connectivity index (χ0n) is 14.3. The molecule has 3 aromatic rings. The molecule has 2 aromatic heterocycles. The van der Waals surface area contributed by atoms with E-state index in [0.717, 1.165) is 17.0 Å². The van der Waals surface area contributed by atoms with Gasteiger partial charge in [-0.2, -0.15) is 4.98 Å². The largest absolute Gasteiger partial charge is 0.465 e. The number of hydrogen-bond donors (Lipinski definition) is 1. The van der Waals surface area contributed by atoms with E-state index in [1.165, 1.54) is 11.6 Å². The first-order valence-electron chi connectivity index (χ1n) is 7.60. The number of hydrogen-bond acceptors (Lipinski definition) is 6. The van der Waals surface area contributed by atoms with Crippen LogP contribution in [0.1, 0.15) is 37.9 Å². The number of nitrogens with zero attached hydrogens (tertiary/aromatic N) is 4. The Labute approximate surface area is 143 Å². The van der Waals surface area contributed by atoms with Gasteiger partial charge in [-0.15, -0.1) is 5.10 Å². The van der Waals surface area contributed by atoms with E-state index in [0.29, 0.717) is 17.0 Å². The molecule has 8 heteroatoms. The summed E-state index contributed by atoms with van der Waals surface area (Å²) in [4.78, 5) is 32.4. The molecule has 25 heavy (non-hydrogen) atoms. The van der Waals surface area contributed by atoms with Crippen LogP contribution in [-0.4, -0.2) is 38.6 Å². The zero-order chi connectivity index (χ0) is 18.1. The van der Waals surface area contributed by atoms with Gasteiger partial charge in [-0.25, -0.2) is 14.3 Å². The minimum absolute atomic E-state index is 0.0256. The molecule has 0 radical (unpaired) electrons. The third-order valence-electron chi connectivity index (χ3n) is 3.72. The highest BCUT2D eigenvalue weighted by atomic mass is 16.5. The Morgan fingerprint density at radius 1 is 1.12 bits per heavy atom. The van der Waals surface area contributed by atoms with E-state index in [1.807, 2.05) is 19.9 Å². The van der Waals surface area contributed by atoms with Crippen molar-refractivity contribution in [2.24, 2.45) is 0 Å². The topological polar surface area (TPSA) is 98.5 Å². The van der Waals surface area contributed by atoms with Gasteiger partial charge in [0, 0.05) is 17.1 Å². The van der Waals surface area contributed by atoms with E-state index in [2.05, 4.69) is 25.1 Å². The second kappa shape index (κ2) is 6.31. The maximum atomic E-state index is 12.4. The molecule has 2 heterocycles. The number of aryl methyl sites for hydroxylation is 3. The van der Waals surface area contributed by atoms with Crippen LogP contribution in [0, 0.1) is 20.8 Å². The predicted octanol–water partition coefficient (Wildman–Crippen LogP) is 2.09. The molecule has 8 nitrogen and oxygen atoms in total. The Morgan fingerprint density at radius 3 is 2.56 bits per heavy atom. The van der Waals surface area contributed by atoms with Crippen molar-refractivity contribution in [3.8, 4) is 0 Å². The Kier molecular flexibility index (Phi) is 4.18. The Hall–Kier alpha value is -3.29. The number of aromatic nitrogens is 4. The van der Waals surface area contributed by atoms with Crippen molar-refractivity contribution in [1.82, 2.24) is 19.6 Å². The highest BCUT2D eigenvalue weighted by molar-refractivity contribution is 6.02. The lowest BCUT2D eigenvalue weighted by Gasteiger charge is -2.08. The normalized spacial score (nSPS) is 10.7. The fourth-order valence-electron chi connectivity index (χ4n) is 2.49. The van der Waals surface area contributed by atoms with Crippen molar-refractivity contribution in [3.63, 3.8) is 0 Å². The molecular formula is C17H17N5O3. The first-order valence-corrected chi connectivity index (χ1v) is 7.60. The van der Waals surface area contributed by atoms with Crippen LogP contribution in [0.15, 0.2) is 24.3 Å². The van der Waals surface area contributed by atoms with Gasteiger partial charge < -0.3 is 10.1 Å². The summed E-state index contributed by atoms with van der Waals surface area (Å²) < 4.78 is 6.20. The number of esters is 1. The number of methoxy groups -OCH3 is 1. The van der Waals surface area contributed by atoms with Crippen molar-refractivity contribution in [1.29, 1.82) is 0 Å². The van der Waals surface area contributed by atoms with E-state index in [1.54, 1.807) is 25.1 Å². The lowest BCUT2D eigenvalue weighted by atomic mass is 10.1. The number of fused-ring (bicyclic) bond motifs is 1. The Balaban J connectivity index is 1.87. The standard InChI is InChI=1S/C17H17N5O3/c1-9-7-12(16(24)25-4)5-6-13(9)19-15(23)14-20-17-18-10(2)8-11(3)22(17)21-14/h5-8H,1-4H3,(H,19,23). The van der Waals surface area contributed by atoms with Gasteiger partial charge in [-0.3, -0.25) is 4.79 Å². The van der Waals surface area contributed by atoms with Gasteiger partial charge in [-0.1, -0.05) is 0 Å². The highest BCUT2D eigenvalue weighted by Crippen LogP contribution is 2.18. The summed E-state index contributed by atoms with van der Waals surface area (Å²) >= 11 is 0. The first kappa shape index (κ1) is 16.6. The molecule has 0 fully saturated rings. The van der Waals surface area contributed by atoms with Crippen molar-refractivity contribution in [3.05, 3.63) is 52.6 Å². The average molecular weight is 339 g/mol. The third-order valence-corrected chi connectivity index (χ3v) is 3.72. The number of carbonyl (C=O) groups is 2. The maximum absolute atomic E-state index is 12.4. The number of rotatable bonds is 3. The van der Waals surface area contributed by atoms with Crippen molar-refractivity contribution in [2.45, 2.75) is 20.8 Å². The molecule has 0 aliphatic heterocycles. The Morgan fingerprint density at radius 2 is 1.88 bits per heavy atom. The minimum Gasteiger partial charge on any atom is -0.465 e. The molecule has 0 bridgehead atoms. The SMILES string of the molecule is COC(=O)c1ccc(NC(=O)c2nc3nc(C)cc(C)n3n2)c(C)c1. The lowest BCUT2D eigenvalue weighted by molar-refractivity contribution is 0.0600. The molecule has 0 spiro atoms. The summed E-state index contributed by atoms with van der Waals surface area (Å²) in [6.45, 7) is 5.51. The molecule has 0 saturated carbocycles. The number of anilines is 1. The van der Waals surface area contributed by atoms with Gasteiger partial charge in [0.15, 0.2) is 0 Å². The van der Waals surface area contributed by atoms with E-state index in [4.69, 9.17) is 0 Å². The summed E-state index contributed by atoms with van der Waals surface area (Å²) in [6.07, 6.45) is 0. The molecule has 128 valence electrons. The predicted molar refractivity (Wildman–Crippen MR) is 90.7 cm³/mol. The summed E-state index contributed by atoms with van der Waals surface area (Å²) in [5.74, 6) is -0.477. The summed E-state index contributed by atoms with van der Waals surface area (Å²) in [7, 11) is 1.32. The molecule has 0 atom stereocenters. The average Bonchev–Trinajstić information content (AvgIpc) is 3.00. The van der Waals surface area contributed by atoms with Crippen LogP contribution in [0.5, 0.6) is 0 Å². The van der Waals surface area contributed by atoms with Crippen LogP contribution < -0.4 is 5.32 Å². The quantitative estimate of drug-likeness (QED) is 0.734. The van der Waals surface area contributed by atoms with E-state index < -0.39 is 11.9 Å². The van der Waals surface area contributed by atoms with Crippen LogP contribution in [0.25, 0.3) is 5.78 Å². The number of ether oxygens (including phenoxy) is 1. The molecule has 0 aliphatic rings. The van der Waals surface area contributed by atoms with Gasteiger partial charge in [0.25, 0.3) is 11.7 Å². The molecule has 0 saturated heterocycles. The number of carbonyl (C=O) groups excluding carboxylic acids is 2. The smallest absolute Gasteiger partial charge is 0.337 e. The second-order valence-electron chi connectivity index (χ2n) is 5.66. The molecule has 1 aromatic carbocycles. The highest BCUT2D eigenvalue weighted by Gasteiger charge is 2.16. The minimum atomic E-state index is -0.448. The third kappa shape index (κ3) is 3.18. The van der Waals surface area contributed by atoms with Crippen LogP contribution in [0.4, 0.5) is 5.69 Å². The number of amides is 1. The van der Waals surface area contributed by atoms with E-state index >= 15 is 0 Å². The molecule has 0 aliphatic carbocycles. The zero-order valence-corrected chi connectivity index (χ0v) is 14.3. The fraction of sp³-hybridized carbons (Fsp3) is 0.235. The van der Waals surface area contributed by atoms with E-state index in [-0.39, 0.29) is 5.82 Å². The van der Waals surface area contributed by atoms with Crippen LogP contribution in [0.3, 0.4) is 0 Å². The van der Waals surface area contributed by atoms with Gasteiger partial charge in [0.1, 0.15) is 0 Å². The monoisotopic (exact) mass is 339 g/mol. The number of nitrogens with one attached hydrogen (secondary N) is 1. The Bertz CT molecular complexity index is 993. The van der Waals surface area contributed by atoms with E-state index in [9.17, 15) is 9.59 Å². The summed E-state index contributed by atoms with van der Waals surface area (Å²) in [5, 5.41) is 6.94. The fourth-order valence-corrected chi connectivity index (χ4v) is 2.49. The molecule has 0 unspecified atom stereocenters. The van der Waals surface area contributed by atoms with Crippen molar-refractivity contribution in [2.75, 3.05) is 12.4 Å². The number of benzene rings is 1. The molecule has 1 amide bonds. The second-order valence-corrected chi connectivity index (χ2v) is 5.66. The molecular weight excluding hydrogens is 322 g/mol. The lowest BCUT2D eigenvalue weighted by Crippen LogP contribution is -2.15. The molecule has 1 N–H and O–H groups in total. The van der Waals surface area contributed by atoms with Gasteiger partial charge in [0.2, 0.25) is 5.82 Å². The summed E-state index contributed by atoms with van der Waals surface area (Å²) in [5.41, 5.74) is 3.35. The van der Waals surface area contributed by atoms with Crippen molar-refractivity contribution < 1.29 is 14.3 Å². The van der Waals surface area contributed by atoms with Gasteiger partial charge >= 0.3 is 5.97 Å². The van der Waals surface area contributed by atoms with Gasteiger partial charge in [-0.05, 0) is 50.6 Å². The first-order chi connectivity index (χ1) is 11.9. The van der Waals surface area contributed by atoms with Crippen LogP contribution in [-0.2, 0) is 4.74 Å². The van der Waals surface area contributed by atoms with Crippen LogP contribution in [0.2, 0.25) is 0 Å². The van der Waals surface area contributed by atoms with Crippen molar-refractivity contribution >= 4 is 23.3 Å². The summed E-state index contributed by atoms with van der Waals surface area (Å²) in [6, 6.07) is 6.73. The molecule has 3 rings (SSSR count).